The van der Waals surface area contributed by atoms with E-state index in [9.17, 15) is 4.79 Å². The van der Waals surface area contributed by atoms with E-state index in [4.69, 9.17) is 10.5 Å². The number of aryl methyl sites for hydroxylation is 1. The van der Waals surface area contributed by atoms with Crippen molar-refractivity contribution in [3.05, 3.63) is 72.8 Å². The Labute approximate surface area is 226 Å². The van der Waals surface area contributed by atoms with Gasteiger partial charge >= 0.3 is 0 Å². The van der Waals surface area contributed by atoms with E-state index in [-0.39, 0.29) is 11.7 Å². The lowest BCUT2D eigenvalue weighted by Crippen LogP contribution is -2.60. The highest BCUT2D eigenvalue weighted by atomic mass is 19.1. The third kappa shape index (κ3) is 4.37. The molecule has 200 valence electrons. The first-order valence-electron chi connectivity index (χ1n) is 13.2. The van der Waals surface area contributed by atoms with Gasteiger partial charge in [0.1, 0.15) is 23.6 Å². The number of fused-ring (bicyclic) bond motifs is 1. The molecule has 1 amide bonds. The number of carbonyl (C=O) groups is 1. The molecule has 4 N–H and O–H groups in total. The number of hydrogen-bond acceptors (Lipinski definition) is 6. The lowest BCUT2D eigenvalue weighted by atomic mass is 9.85. The van der Waals surface area contributed by atoms with Gasteiger partial charge < -0.3 is 25.7 Å². The topological polar surface area (TPSA) is 107 Å². The normalized spacial score (nSPS) is 16.8. The van der Waals surface area contributed by atoms with E-state index < -0.39 is 5.54 Å². The lowest BCUT2D eigenvalue weighted by molar-refractivity contribution is -0.111. The summed E-state index contributed by atoms with van der Waals surface area (Å²) in [6.07, 6.45) is 7.26. The summed E-state index contributed by atoms with van der Waals surface area (Å²) in [6.45, 7) is 4.40. The maximum absolute atomic E-state index is 16.0. The second-order valence-electron chi connectivity index (χ2n) is 10.4. The molecule has 0 bridgehead atoms. The quantitative estimate of drug-likeness (QED) is 0.296. The Balaban J connectivity index is 1.45. The first-order valence-corrected chi connectivity index (χ1v) is 13.2. The number of carbonyl (C=O) groups excluding carboxylic acids is 1. The van der Waals surface area contributed by atoms with Crippen LogP contribution < -0.4 is 16.4 Å². The van der Waals surface area contributed by atoms with Gasteiger partial charge in [0.05, 0.1) is 29.8 Å². The fraction of sp³-hybridized carbons (Fsp3) is 0.300. The smallest absolute Gasteiger partial charge is 0.247 e. The standard InChI is InChI=1S/C30H31FN6O2/c1-3-24(38)35-20-11-8-18(9-12-20)27-25(26-28(32)33-17-34-29(26)37(27)2)19-10-13-22(23(31)14-19)30(15-39-16-30)36-21-6-4-5-7-21/h3,8-14,17,21,36H,1,4-7,15-16H2,2H3,(H,35,38)(H2,32,33,34). The summed E-state index contributed by atoms with van der Waals surface area (Å²) in [5.41, 5.74) is 10.9. The van der Waals surface area contributed by atoms with E-state index in [0.717, 1.165) is 29.7 Å². The van der Waals surface area contributed by atoms with Gasteiger partial charge in [0.15, 0.2) is 0 Å². The monoisotopic (exact) mass is 526 g/mol. The first-order chi connectivity index (χ1) is 18.9. The number of hydrogen-bond donors (Lipinski definition) is 3. The molecule has 1 aliphatic heterocycles. The molecule has 8 nitrogen and oxygen atoms in total. The van der Waals surface area contributed by atoms with Crippen LogP contribution in [0.5, 0.6) is 0 Å². The Morgan fingerprint density at radius 3 is 2.51 bits per heavy atom. The van der Waals surface area contributed by atoms with Crippen LogP contribution in [0.1, 0.15) is 31.2 Å². The number of benzene rings is 2. The van der Waals surface area contributed by atoms with E-state index in [2.05, 4.69) is 27.2 Å². The molecule has 6 rings (SSSR count). The molecule has 0 spiro atoms. The highest BCUT2D eigenvalue weighted by Gasteiger charge is 2.44. The van der Waals surface area contributed by atoms with Crippen LogP contribution in [-0.4, -0.2) is 39.7 Å². The van der Waals surface area contributed by atoms with Gasteiger partial charge in [0, 0.05) is 29.9 Å². The SMILES string of the molecule is C=CC(=O)Nc1ccc(-c2c(-c3ccc(C4(NC5CCCC5)COC4)c(F)c3)c3c(N)ncnc3n2C)cc1. The van der Waals surface area contributed by atoms with Crippen molar-refractivity contribution in [2.75, 3.05) is 24.3 Å². The van der Waals surface area contributed by atoms with Gasteiger partial charge in [-0.15, -0.1) is 0 Å². The van der Waals surface area contributed by atoms with Crippen LogP contribution >= 0.6 is 0 Å². The molecule has 2 aliphatic rings. The molecule has 1 saturated carbocycles. The highest BCUT2D eigenvalue weighted by molar-refractivity contribution is 6.08. The number of nitrogens with two attached hydrogens (primary N) is 1. The summed E-state index contributed by atoms with van der Waals surface area (Å²) >= 11 is 0. The zero-order valence-corrected chi connectivity index (χ0v) is 21.8. The molecule has 39 heavy (non-hydrogen) atoms. The zero-order valence-electron chi connectivity index (χ0n) is 21.8. The van der Waals surface area contributed by atoms with Gasteiger partial charge in [-0.1, -0.05) is 43.7 Å². The van der Waals surface area contributed by atoms with Crippen molar-refractivity contribution in [2.24, 2.45) is 7.05 Å². The van der Waals surface area contributed by atoms with E-state index in [1.54, 1.807) is 6.07 Å². The molecular formula is C30H31FN6O2. The molecule has 3 heterocycles. The number of aromatic nitrogens is 3. The van der Waals surface area contributed by atoms with Crippen LogP contribution in [-0.2, 0) is 22.1 Å². The van der Waals surface area contributed by atoms with Gasteiger partial charge in [-0.05, 0) is 48.2 Å². The van der Waals surface area contributed by atoms with Crippen molar-refractivity contribution < 1.29 is 13.9 Å². The Morgan fingerprint density at radius 1 is 1.15 bits per heavy atom. The van der Waals surface area contributed by atoms with Crippen LogP contribution in [0.3, 0.4) is 0 Å². The van der Waals surface area contributed by atoms with Crippen molar-refractivity contribution in [3.63, 3.8) is 0 Å². The largest absolute Gasteiger partial charge is 0.383 e. The van der Waals surface area contributed by atoms with E-state index in [1.807, 2.05) is 48.0 Å². The molecule has 2 aromatic carbocycles. The molecule has 2 fully saturated rings. The number of nitrogen functional groups attached to an aromatic ring is 1. The lowest BCUT2D eigenvalue weighted by Gasteiger charge is -2.44. The number of halogens is 1. The number of amides is 1. The van der Waals surface area contributed by atoms with E-state index in [0.29, 0.717) is 52.9 Å². The third-order valence-corrected chi connectivity index (χ3v) is 7.91. The van der Waals surface area contributed by atoms with Crippen LogP contribution in [0.15, 0.2) is 61.4 Å². The molecule has 4 aromatic rings. The minimum Gasteiger partial charge on any atom is -0.383 e. The fourth-order valence-electron chi connectivity index (χ4n) is 5.94. The summed E-state index contributed by atoms with van der Waals surface area (Å²) in [7, 11) is 1.90. The molecule has 2 aromatic heterocycles. The summed E-state index contributed by atoms with van der Waals surface area (Å²) in [5, 5.41) is 7.13. The molecule has 1 aliphatic carbocycles. The molecule has 9 heteroatoms. The van der Waals surface area contributed by atoms with Crippen molar-refractivity contribution in [1.29, 1.82) is 0 Å². The van der Waals surface area contributed by atoms with Gasteiger partial charge in [0.2, 0.25) is 5.91 Å². The summed E-state index contributed by atoms with van der Waals surface area (Å²) in [5.74, 6) is -0.256. The Bertz CT molecular complexity index is 1570. The van der Waals surface area contributed by atoms with Gasteiger partial charge in [-0.25, -0.2) is 14.4 Å². The molecule has 0 radical (unpaired) electrons. The van der Waals surface area contributed by atoms with Gasteiger partial charge in [0.25, 0.3) is 0 Å². The minimum absolute atomic E-state index is 0.288. The maximum atomic E-state index is 16.0. The second-order valence-corrected chi connectivity index (χ2v) is 10.4. The zero-order chi connectivity index (χ0) is 27.1. The Morgan fingerprint density at radius 2 is 1.87 bits per heavy atom. The Kier molecular flexibility index (Phi) is 6.40. The molecule has 0 unspecified atom stereocenters. The van der Waals surface area contributed by atoms with Gasteiger partial charge in [-0.3, -0.25) is 4.79 Å². The highest BCUT2D eigenvalue weighted by Crippen LogP contribution is 2.43. The van der Waals surface area contributed by atoms with Crippen LogP contribution in [0, 0.1) is 5.82 Å². The number of ether oxygens (including phenoxy) is 1. The minimum atomic E-state index is -0.507. The van der Waals surface area contributed by atoms with E-state index >= 15 is 4.39 Å². The Hall–Kier alpha value is -4.08. The number of rotatable bonds is 7. The first kappa shape index (κ1) is 25.2. The number of anilines is 2. The van der Waals surface area contributed by atoms with Crippen molar-refractivity contribution in [2.45, 2.75) is 37.3 Å². The van der Waals surface area contributed by atoms with Crippen molar-refractivity contribution in [3.8, 4) is 22.4 Å². The van der Waals surface area contributed by atoms with Crippen LogP contribution in [0.2, 0.25) is 0 Å². The fourth-order valence-corrected chi connectivity index (χ4v) is 5.94. The predicted octanol–water partition coefficient (Wildman–Crippen LogP) is 4.91. The van der Waals surface area contributed by atoms with Crippen LogP contribution in [0.25, 0.3) is 33.4 Å². The number of nitrogens with zero attached hydrogens (tertiary/aromatic N) is 3. The van der Waals surface area contributed by atoms with E-state index in [1.165, 1.54) is 25.2 Å². The predicted molar refractivity (Wildman–Crippen MR) is 150 cm³/mol. The average molecular weight is 527 g/mol. The molecular weight excluding hydrogens is 495 g/mol. The summed E-state index contributed by atoms with van der Waals surface area (Å²) < 4.78 is 23.5. The van der Waals surface area contributed by atoms with Crippen LogP contribution in [0.4, 0.5) is 15.9 Å². The summed E-state index contributed by atoms with van der Waals surface area (Å²) in [4.78, 5) is 20.4. The van der Waals surface area contributed by atoms with Gasteiger partial charge in [-0.2, -0.15) is 0 Å². The average Bonchev–Trinajstić information content (AvgIpc) is 3.53. The van der Waals surface area contributed by atoms with Crippen molar-refractivity contribution in [1.82, 2.24) is 19.9 Å². The number of nitrogens with one attached hydrogen (secondary N) is 2. The van der Waals surface area contributed by atoms with Crippen molar-refractivity contribution >= 4 is 28.4 Å². The second kappa shape index (κ2) is 9.91. The molecule has 0 atom stereocenters. The molecule has 1 saturated heterocycles. The maximum Gasteiger partial charge on any atom is 0.247 e. The summed E-state index contributed by atoms with van der Waals surface area (Å²) in [6, 6.07) is 13.2. The third-order valence-electron chi connectivity index (χ3n) is 7.91.